The molecule has 0 atom stereocenters. The van der Waals surface area contributed by atoms with Crippen molar-refractivity contribution in [1.29, 1.82) is 0 Å². The van der Waals surface area contributed by atoms with Gasteiger partial charge in [-0.1, -0.05) is 19.1 Å². The predicted octanol–water partition coefficient (Wildman–Crippen LogP) is 2.01. The number of aliphatic imine (C=N–C) groups is 1. The van der Waals surface area contributed by atoms with Crippen LogP contribution < -0.4 is 0 Å². The third kappa shape index (κ3) is 4.44. The van der Waals surface area contributed by atoms with Crippen molar-refractivity contribution in [3.63, 3.8) is 0 Å². The summed E-state index contributed by atoms with van der Waals surface area (Å²) in [4.78, 5) is 14.3. The fourth-order valence-corrected chi connectivity index (χ4v) is 0.588. The van der Waals surface area contributed by atoms with Gasteiger partial charge in [0, 0.05) is 12.4 Å². The van der Waals surface area contributed by atoms with Crippen LogP contribution in [0.15, 0.2) is 28.9 Å². The monoisotopic (exact) mass is 167 g/mol. The molecule has 0 fully saturated rings. The van der Waals surface area contributed by atoms with Crippen LogP contribution in [0.3, 0.4) is 0 Å². The third-order valence-corrected chi connectivity index (χ3v) is 1.09. The number of rotatable bonds is 4. The molecule has 0 radical (unpaired) electrons. The van der Waals surface area contributed by atoms with Gasteiger partial charge in [-0.25, -0.2) is 4.79 Å². The van der Waals surface area contributed by atoms with Crippen molar-refractivity contribution in [2.75, 3.05) is 0 Å². The molecule has 3 nitrogen and oxygen atoms in total. The van der Waals surface area contributed by atoms with Gasteiger partial charge in [0.05, 0.1) is 5.57 Å². The zero-order valence-electron chi connectivity index (χ0n) is 7.32. The van der Waals surface area contributed by atoms with Crippen molar-refractivity contribution in [3.8, 4) is 0 Å². The lowest BCUT2D eigenvalue weighted by Gasteiger charge is -1.89. The Labute approximate surface area is 72.1 Å². The average Bonchev–Trinajstić information content (AvgIpc) is 2.03. The van der Waals surface area contributed by atoms with E-state index in [0.717, 1.165) is 6.42 Å². The highest BCUT2D eigenvalue weighted by molar-refractivity contribution is 5.89. The van der Waals surface area contributed by atoms with Gasteiger partial charge in [-0.05, 0) is 13.3 Å². The molecule has 0 amide bonds. The van der Waals surface area contributed by atoms with E-state index >= 15 is 0 Å². The van der Waals surface area contributed by atoms with Gasteiger partial charge in [0.25, 0.3) is 0 Å². The van der Waals surface area contributed by atoms with Gasteiger partial charge in [0.15, 0.2) is 0 Å². The first-order valence-electron chi connectivity index (χ1n) is 3.80. The molecule has 1 N–H and O–H groups in total. The molecule has 0 saturated heterocycles. The van der Waals surface area contributed by atoms with Gasteiger partial charge in [0.2, 0.25) is 0 Å². The maximum absolute atomic E-state index is 10.5. The van der Waals surface area contributed by atoms with Crippen LogP contribution in [-0.2, 0) is 4.79 Å². The normalized spacial score (nSPS) is 13.0. The van der Waals surface area contributed by atoms with Crippen molar-refractivity contribution < 1.29 is 9.90 Å². The molecule has 66 valence electrons. The van der Waals surface area contributed by atoms with E-state index in [1.54, 1.807) is 19.2 Å². The molecule has 0 heterocycles. The highest BCUT2D eigenvalue weighted by Crippen LogP contribution is 1.97. The Bertz CT molecular complexity index is 227. The van der Waals surface area contributed by atoms with Crippen LogP contribution in [0.5, 0.6) is 0 Å². The van der Waals surface area contributed by atoms with Crippen LogP contribution in [0.25, 0.3) is 0 Å². The number of carboxylic acids is 1. The molecular formula is C9H13NO2. The smallest absolute Gasteiger partial charge is 0.337 e. The van der Waals surface area contributed by atoms with E-state index in [4.69, 9.17) is 5.11 Å². The summed E-state index contributed by atoms with van der Waals surface area (Å²) in [6, 6.07) is 0. The molecule has 0 aromatic carbocycles. The van der Waals surface area contributed by atoms with Crippen LogP contribution >= 0.6 is 0 Å². The largest absolute Gasteiger partial charge is 0.478 e. The van der Waals surface area contributed by atoms with E-state index in [0.29, 0.717) is 0 Å². The zero-order valence-corrected chi connectivity index (χ0v) is 7.32. The maximum Gasteiger partial charge on any atom is 0.337 e. The summed E-state index contributed by atoms with van der Waals surface area (Å²) in [6.07, 6.45) is 6.98. The van der Waals surface area contributed by atoms with Crippen LogP contribution in [0, 0.1) is 0 Å². The molecule has 0 rings (SSSR count). The number of hydrogen-bond donors (Lipinski definition) is 1. The molecule has 0 saturated carbocycles. The number of hydrogen-bond acceptors (Lipinski definition) is 2. The Morgan fingerprint density at radius 2 is 2.25 bits per heavy atom. The molecule has 3 heteroatoms. The number of carbonyl (C=O) groups is 1. The molecule has 0 aliphatic heterocycles. The van der Waals surface area contributed by atoms with Crippen molar-refractivity contribution in [2.24, 2.45) is 4.99 Å². The average molecular weight is 167 g/mol. The van der Waals surface area contributed by atoms with Crippen molar-refractivity contribution in [1.82, 2.24) is 0 Å². The molecular weight excluding hydrogens is 154 g/mol. The molecule has 0 aromatic rings. The number of nitrogens with zero attached hydrogens (tertiary/aromatic N) is 1. The van der Waals surface area contributed by atoms with Crippen molar-refractivity contribution >= 4 is 12.2 Å². The summed E-state index contributed by atoms with van der Waals surface area (Å²) in [5.41, 5.74) is 0.196. The van der Waals surface area contributed by atoms with Gasteiger partial charge in [0.1, 0.15) is 0 Å². The topological polar surface area (TPSA) is 49.7 Å². The van der Waals surface area contributed by atoms with E-state index in [1.807, 2.05) is 6.92 Å². The number of allylic oxidation sites excluding steroid dienone is 1. The lowest BCUT2D eigenvalue weighted by molar-refractivity contribution is -0.132. The van der Waals surface area contributed by atoms with Crippen molar-refractivity contribution in [3.05, 3.63) is 23.9 Å². The second kappa shape index (κ2) is 6.34. The number of carboxylic acid groups (broad SMARTS) is 1. The summed E-state index contributed by atoms with van der Waals surface area (Å²) in [5.74, 6) is -0.957. The minimum Gasteiger partial charge on any atom is -0.478 e. The first-order valence-corrected chi connectivity index (χ1v) is 3.80. The van der Waals surface area contributed by atoms with E-state index < -0.39 is 5.97 Å². The Balaban J connectivity index is 4.39. The summed E-state index contributed by atoms with van der Waals surface area (Å²) in [6.45, 7) is 3.70. The molecule has 0 spiro atoms. The molecule has 12 heavy (non-hydrogen) atoms. The van der Waals surface area contributed by atoms with Gasteiger partial charge >= 0.3 is 5.97 Å². The first-order chi connectivity index (χ1) is 5.72. The summed E-state index contributed by atoms with van der Waals surface area (Å²) >= 11 is 0. The van der Waals surface area contributed by atoms with E-state index in [1.165, 1.54) is 12.3 Å². The highest BCUT2D eigenvalue weighted by Gasteiger charge is 1.99. The lowest BCUT2D eigenvalue weighted by Crippen LogP contribution is -1.96. The first kappa shape index (κ1) is 10.6. The van der Waals surface area contributed by atoms with E-state index in [9.17, 15) is 4.79 Å². The molecule has 0 bridgehead atoms. The van der Waals surface area contributed by atoms with Gasteiger partial charge in [-0.2, -0.15) is 0 Å². The minimum atomic E-state index is -0.957. The van der Waals surface area contributed by atoms with Gasteiger partial charge < -0.3 is 5.11 Å². The van der Waals surface area contributed by atoms with Gasteiger partial charge in [-0.15, -0.1) is 0 Å². The third-order valence-electron chi connectivity index (χ3n) is 1.09. The SMILES string of the molecule is C/C=C\C(=C/N=CCC)C(=O)O. The standard InChI is InChI=1S/C9H13NO2/c1-3-5-8(9(11)12)7-10-6-4-2/h3,5-7H,4H2,1-2H3,(H,11,12)/b5-3-,8-7+,10-6?. The summed E-state index contributed by atoms with van der Waals surface area (Å²) in [5, 5.41) is 8.61. The molecule has 0 aliphatic rings. The second-order valence-electron chi connectivity index (χ2n) is 2.13. The molecule has 0 aromatic heterocycles. The predicted molar refractivity (Wildman–Crippen MR) is 49.3 cm³/mol. The Hall–Kier alpha value is -1.38. The highest BCUT2D eigenvalue weighted by atomic mass is 16.4. The van der Waals surface area contributed by atoms with Crippen molar-refractivity contribution in [2.45, 2.75) is 20.3 Å². The number of aliphatic carboxylic acids is 1. The van der Waals surface area contributed by atoms with Gasteiger partial charge in [-0.3, -0.25) is 4.99 Å². The Kier molecular flexibility index (Phi) is 5.61. The van der Waals surface area contributed by atoms with Crippen LogP contribution in [-0.4, -0.2) is 17.3 Å². The Morgan fingerprint density at radius 3 is 2.67 bits per heavy atom. The zero-order chi connectivity index (χ0) is 9.40. The fraction of sp³-hybridized carbons (Fsp3) is 0.333. The van der Waals surface area contributed by atoms with Crippen LogP contribution in [0.4, 0.5) is 0 Å². The molecule has 0 aliphatic carbocycles. The van der Waals surface area contributed by atoms with Crippen LogP contribution in [0.2, 0.25) is 0 Å². The lowest BCUT2D eigenvalue weighted by atomic mass is 10.3. The van der Waals surface area contributed by atoms with Crippen LogP contribution in [0.1, 0.15) is 20.3 Å². The summed E-state index contributed by atoms with van der Waals surface area (Å²) in [7, 11) is 0. The van der Waals surface area contributed by atoms with E-state index in [-0.39, 0.29) is 5.57 Å². The Morgan fingerprint density at radius 1 is 1.58 bits per heavy atom. The summed E-state index contributed by atoms with van der Waals surface area (Å²) < 4.78 is 0. The molecule has 0 unspecified atom stereocenters. The van der Waals surface area contributed by atoms with E-state index in [2.05, 4.69) is 4.99 Å². The quantitative estimate of drug-likeness (QED) is 0.395. The fourth-order valence-electron chi connectivity index (χ4n) is 0.588. The maximum atomic E-state index is 10.5. The second-order valence-corrected chi connectivity index (χ2v) is 2.13. The minimum absolute atomic E-state index is 0.196.